The van der Waals surface area contributed by atoms with Crippen molar-refractivity contribution in [3.05, 3.63) is 57.1 Å². The first-order valence-corrected chi connectivity index (χ1v) is 10.0. The standard InChI is InChI=1S/C20H22BClN5O4/c1-24(2)15-5-3-14(4-6-15)20(29)23-17-12-18(16(22)11-19(17)27(30)31)25-7-9-26(10-8-25)21-13-28/h3-6,11-13H,7-10H2,1-2H3,(H,23,29). The Kier molecular flexibility index (Phi) is 7.14. The zero-order chi connectivity index (χ0) is 22.5. The molecular formula is C20H22BClN5O4. The maximum absolute atomic E-state index is 12.7. The molecule has 0 atom stereocenters. The molecule has 9 nitrogen and oxygen atoms in total. The Balaban J connectivity index is 1.84. The second-order valence-corrected chi connectivity index (χ2v) is 7.69. The van der Waals surface area contributed by atoms with E-state index in [1.807, 2.05) is 28.7 Å². The van der Waals surface area contributed by atoms with Crippen LogP contribution in [0.5, 0.6) is 0 Å². The zero-order valence-electron chi connectivity index (χ0n) is 17.2. The van der Waals surface area contributed by atoms with Gasteiger partial charge in [-0.1, -0.05) is 11.6 Å². The predicted molar refractivity (Wildman–Crippen MR) is 123 cm³/mol. The minimum atomic E-state index is -0.572. The molecule has 1 saturated heterocycles. The largest absolute Gasteiger partial charge is 0.378 e. The van der Waals surface area contributed by atoms with Crippen molar-refractivity contribution in [3.8, 4) is 0 Å². The number of rotatable bonds is 7. The molecule has 1 amide bonds. The highest BCUT2D eigenvalue weighted by Crippen LogP contribution is 2.37. The maximum Gasteiger partial charge on any atom is 0.294 e. The molecule has 1 aliphatic heterocycles. The summed E-state index contributed by atoms with van der Waals surface area (Å²) in [6, 6.07) is 9.71. The molecule has 1 heterocycles. The molecule has 1 aliphatic rings. The van der Waals surface area contributed by atoms with Crippen molar-refractivity contribution in [2.75, 3.05) is 55.4 Å². The summed E-state index contributed by atoms with van der Waals surface area (Å²) in [7, 11) is 5.27. The van der Waals surface area contributed by atoms with Gasteiger partial charge in [0.2, 0.25) is 0 Å². The Morgan fingerprint density at radius 2 is 1.84 bits per heavy atom. The Morgan fingerprint density at radius 1 is 1.19 bits per heavy atom. The fraction of sp³-hybridized carbons (Fsp3) is 0.300. The van der Waals surface area contributed by atoms with Crippen LogP contribution in [-0.4, -0.2) is 69.5 Å². The van der Waals surface area contributed by atoms with Gasteiger partial charge in [-0.15, -0.1) is 0 Å². The van der Waals surface area contributed by atoms with Gasteiger partial charge in [-0.3, -0.25) is 14.9 Å². The Morgan fingerprint density at radius 3 is 2.39 bits per heavy atom. The van der Waals surface area contributed by atoms with Gasteiger partial charge in [-0.2, -0.15) is 0 Å². The zero-order valence-corrected chi connectivity index (χ0v) is 18.0. The third kappa shape index (κ3) is 5.34. The smallest absolute Gasteiger partial charge is 0.294 e. The number of amides is 1. The molecule has 3 rings (SSSR count). The molecule has 1 N–H and O–H groups in total. The van der Waals surface area contributed by atoms with E-state index in [0.29, 0.717) is 37.4 Å². The van der Waals surface area contributed by atoms with Crippen molar-refractivity contribution in [2.45, 2.75) is 0 Å². The van der Waals surface area contributed by atoms with E-state index in [0.717, 1.165) is 11.9 Å². The number of piperazine rings is 1. The van der Waals surface area contributed by atoms with Crippen LogP contribution in [-0.2, 0) is 4.79 Å². The molecule has 0 aromatic heterocycles. The summed E-state index contributed by atoms with van der Waals surface area (Å²) in [5, 5.41) is 14.4. The number of halogens is 1. The van der Waals surface area contributed by atoms with Crippen molar-refractivity contribution in [1.82, 2.24) is 4.81 Å². The number of hydrogen-bond donors (Lipinski definition) is 1. The van der Waals surface area contributed by atoms with Crippen LogP contribution in [0.4, 0.5) is 22.7 Å². The van der Waals surface area contributed by atoms with Gasteiger partial charge in [0.15, 0.2) is 0 Å². The first-order valence-electron chi connectivity index (χ1n) is 9.64. The lowest BCUT2D eigenvalue weighted by Crippen LogP contribution is -2.48. The minimum Gasteiger partial charge on any atom is -0.378 e. The lowest BCUT2D eigenvalue weighted by Gasteiger charge is -2.35. The third-order valence-electron chi connectivity index (χ3n) is 5.08. The van der Waals surface area contributed by atoms with Gasteiger partial charge in [0, 0.05) is 57.6 Å². The molecule has 1 fully saturated rings. The number of carbonyl (C=O) groups excluding carboxylic acids is 2. The van der Waals surface area contributed by atoms with Crippen LogP contribution in [0.3, 0.4) is 0 Å². The molecule has 1 radical (unpaired) electrons. The third-order valence-corrected chi connectivity index (χ3v) is 5.39. The number of nitro benzene ring substituents is 1. The summed E-state index contributed by atoms with van der Waals surface area (Å²) < 4.78 is 0. The van der Waals surface area contributed by atoms with E-state index in [2.05, 4.69) is 5.32 Å². The van der Waals surface area contributed by atoms with Crippen LogP contribution >= 0.6 is 11.6 Å². The summed E-state index contributed by atoms with van der Waals surface area (Å²) in [5.74, 6) is -0.452. The lowest BCUT2D eigenvalue weighted by molar-refractivity contribution is -0.383. The molecule has 2 aromatic carbocycles. The molecule has 161 valence electrons. The molecule has 0 spiro atoms. The maximum atomic E-state index is 12.7. The summed E-state index contributed by atoms with van der Waals surface area (Å²) in [5.41, 5.74) is 1.71. The van der Waals surface area contributed by atoms with Gasteiger partial charge in [-0.05, 0) is 30.3 Å². The van der Waals surface area contributed by atoms with Gasteiger partial charge in [0.25, 0.3) is 19.0 Å². The van der Waals surface area contributed by atoms with E-state index in [4.69, 9.17) is 11.6 Å². The first kappa shape index (κ1) is 22.6. The summed E-state index contributed by atoms with van der Waals surface area (Å²) in [6.45, 7) is 2.40. The molecule has 0 unspecified atom stereocenters. The monoisotopic (exact) mass is 442 g/mol. The number of benzene rings is 2. The van der Waals surface area contributed by atoms with Crippen LogP contribution in [0, 0.1) is 10.1 Å². The Labute approximate surface area is 186 Å². The number of hydrogen-bond acceptors (Lipinski definition) is 7. The molecular weight excluding hydrogens is 421 g/mol. The molecule has 31 heavy (non-hydrogen) atoms. The van der Waals surface area contributed by atoms with Crippen molar-refractivity contribution >= 4 is 53.9 Å². The lowest BCUT2D eigenvalue weighted by atomic mass is 9.93. The van der Waals surface area contributed by atoms with E-state index in [1.54, 1.807) is 24.3 Å². The predicted octanol–water partition coefficient (Wildman–Crippen LogP) is 2.50. The Hall–Kier alpha value is -3.11. The average Bonchev–Trinajstić information content (AvgIpc) is 2.75. The topological polar surface area (TPSA) is 99.0 Å². The molecule has 0 saturated carbocycles. The van der Waals surface area contributed by atoms with Crippen LogP contribution in [0.15, 0.2) is 36.4 Å². The number of carbonyl (C=O) groups is 2. The van der Waals surface area contributed by atoms with Crippen molar-refractivity contribution in [3.63, 3.8) is 0 Å². The molecule has 11 heteroatoms. The minimum absolute atomic E-state index is 0.0768. The van der Waals surface area contributed by atoms with Gasteiger partial charge in [-0.25, -0.2) is 0 Å². The fourth-order valence-corrected chi connectivity index (χ4v) is 3.63. The van der Waals surface area contributed by atoms with E-state index in [9.17, 15) is 19.7 Å². The van der Waals surface area contributed by atoms with Gasteiger partial charge >= 0.3 is 0 Å². The second-order valence-electron chi connectivity index (χ2n) is 7.28. The number of nitrogens with zero attached hydrogens (tertiary/aromatic N) is 4. The Bertz CT molecular complexity index is 978. The molecule has 0 bridgehead atoms. The van der Waals surface area contributed by atoms with Crippen LogP contribution in [0.1, 0.15) is 10.4 Å². The fourth-order valence-electron chi connectivity index (χ4n) is 3.35. The van der Waals surface area contributed by atoms with Gasteiger partial charge < -0.3 is 24.7 Å². The van der Waals surface area contributed by atoms with Crippen molar-refractivity contribution < 1.29 is 14.5 Å². The number of nitrogens with one attached hydrogen (secondary N) is 1. The van der Waals surface area contributed by atoms with Crippen molar-refractivity contribution in [2.24, 2.45) is 0 Å². The molecule has 0 aliphatic carbocycles. The normalized spacial score (nSPS) is 14.1. The highest BCUT2D eigenvalue weighted by molar-refractivity contribution is 6.64. The highest BCUT2D eigenvalue weighted by Gasteiger charge is 2.24. The molecule has 2 aromatic rings. The van der Waals surface area contributed by atoms with Gasteiger partial charge in [0.05, 0.1) is 21.8 Å². The second kappa shape index (κ2) is 9.80. The van der Waals surface area contributed by atoms with E-state index in [-0.39, 0.29) is 16.4 Å². The first-order chi connectivity index (χ1) is 14.8. The summed E-state index contributed by atoms with van der Waals surface area (Å²) >= 11 is 6.34. The average molecular weight is 443 g/mol. The van der Waals surface area contributed by atoms with Crippen LogP contribution < -0.4 is 15.1 Å². The van der Waals surface area contributed by atoms with E-state index in [1.165, 1.54) is 19.5 Å². The number of nitro groups is 1. The summed E-state index contributed by atoms with van der Waals surface area (Å²) in [6.07, 6.45) is 0.743. The van der Waals surface area contributed by atoms with Gasteiger partial charge in [0.1, 0.15) is 5.69 Å². The van der Waals surface area contributed by atoms with E-state index >= 15 is 0 Å². The van der Waals surface area contributed by atoms with Crippen LogP contribution in [0.2, 0.25) is 5.02 Å². The quantitative estimate of drug-likeness (QED) is 0.304. The highest BCUT2D eigenvalue weighted by atomic mass is 35.5. The number of anilines is 3. The summed E-state index contributed by atoms with van der Waals surface area (Å²) in [4.78, 5) is 40.1. The SMILES string of the molecule is CN(C)c1ccc(C(=O)Nc2cc(N3CCN([B]C=O)CC3)c(Cl)cc2[N+](=O)[O-])cc1. The van der Waals surface area contributed by atoms with Crippen molar-refractivity contribution in [1.29, 1.82) is 0 Å². The van der Waals surface area contributed by atoms with Crippen LogP contribution in [0.25, 0.3) is 0 Å². The van der Waals surface area contributed by atoms with E-state index < -0.39 is 10.8 Å².